The second-order valence-electron chi connectivity index (χ2n) is 11.9. The molecule has 0 radical (unpaired) electrons. The molecule has 4 heteroatoms. The normalized spacial score (nSPS) is 14.0. The summed E-state index contributed by atoms with van der Waals surface area (Å²) in [6.45, 7) is 4.56. The van der Waals surface area contributed by atoms with Gasteiger partial charge in [-0.1, -0.05) is 92.7 Å². The number of rotatable bonds is 2. The fourth-order valence-electron chi connectivity index (χ4n) is 7.25. The van der Waals surface area contributed by atoms with Crippen LogP contribution >= 0.6 is 0 Å². The first-order chi connectivity index (χ1) is 21.1. The van der Waals surface area contributed by atoms with Gasteiger partial charge in [0.15, 0.2) is 0 Å². The van der Waals surface area contributed by atoms with Crippen molar-refractivity contribution in [3.63, 3.8) is 0 Å². The van der Waals surface area contributed by atoms with E-state index in [0.717, 1.165) is 34.1 Å². The van der Waals surface area contributed by atoms with Crippen LogP contribution in [0.3, 0.4) is 0 Å². The van der Waals surface area contributed by atoms with Crippen molar-refractivity contribution in [2.24, 2.45) is 0 Å². The van der Waals surface area contributed by atoms with Crippen molar-refractivity contribution in [2.75, 3.05) is 4.90 Å². The summed E-state index contributed by atoms with van der Waals surface area (Å²) in [5, 5.41) is 1.24. The number of para-hydroxylation sites is 4. The molecule has 4 heterocycles. The van der Waals surface area contributed by atoms with Crippen LogP contribution in [-0.4, -0.2) is 14.5 Å². The molecule has 0 fully saturated rings. The van der Waals surface area contributed by atoms with Gasteiger partial charge in [0.2, 0.25) is 0 Å². The molecular weight excluding hydrogens is 524 g/mol. The number of fused-ring (bicyclic) bond motifs is 10. The lowest BCUT2D eigenvalue weighted by Crippen LogP contribution is -2.17. The van der Waals surface area contributed by atoms with Gasteiger partial charge in [-0.3, -0.25) is 9.97 Å². The lowest BCUT2D eigenvalue weighted by Gasteiger charge is -2.29. The maximum atomic E-state index is 5.09. The van der Waals surface area contributed by atoms with E-state index in [0.29, 0.717) is 0 Å². The molecule has 3 aromatic heterocycles. The van der Waals surface area contributed by atoms with Gasteiger partial charge in [-0.15, -0.1) is 0 Å². The van der Waals surface area contributed by atoms with E-state index >= 15 is 0 Å². The van der Waals surface area contributed by atoms with Gasteiger partial charge >= 0.3 is 0 Å². The summed E-state index contributed by atoms with van der Waals surface area (Å²) in [6, 6.07) is 43.6. The Morgan fingerprint density at radius 2 is 1.26 bits per heavy atom. The van der Waals surface area contributed by atoms with E-state index in [1.54, 1.807) is 0 Å². The lowest BCUT2D eigenvalue weighted by atomic mass is 9.83. The van der Waals surface area contributed by atoms with E-state index in [1.165, 1.54) is 44.4 Å². The zero-order chi connectivity index (χ0) is 28.7. The summed E-state index contributed by atoms with van der Waals surface area (Å²) in [5.74, 6) is 0. The third-order valence-electron chi connectivity index (χ3n) is 9.21. The third-order valence-corrected chi connectivity index (χ3v) is 9.21. The van der Waals surface area contributed by atoms with Gasteiger partial charge in [0, 0.05) is 39.4 Å². The van der Waals surface area contributed by atoms with E-state index in [9.17, 15) is 0 Å². The van der Waals surface area contributed by atoms with Crippen LogP contribution in [0.5, 0.6) is 0 Å². The summed E-state index contributed by atoms with van der Waals surface area (Å²) in [6.07, 6.45) is 3.88. The van der Waals surface area contributed by atoms with Gasteiger partial charge in [-0.2, -0.15) is 0 Å². The molecule has 0 bridgehead atoms. The topological polar surface area (TPSA) is 34.0 Å². The predicted molar refractivity (Wildman–Crippen MR) is 176 cm³/mol. The standard InChI is InChI=1S/C39H28N4/c1-39(2)30-18-12-22-40-36(30)37-31(39)23-26(24-41-37)42-32-19-9-6-15-27(32)35-28-16-7-10-20-33(28)43(25-13-4-3-5-14-25)38(35)29-17-8-11-21-34(29)42/h3-24H,1-2H3. The van der Waals surface area contributed by atoms with Crippen LogP contribution in [0, 0.1) is 0 Å². The Balaban J connectivity index is 1.37. The Labute approximate surface area is 250 Å². The molecule has 4 aromatic carbocycles. The number of benzene rings is 4. The summed E-state index contributed by atoms with van der Waals surface area (Å²) in [7, 11) is 0. The Morgan fingerprint density at radius 3 is 2.09 bits per heavy atom. The highest BCUT2D eigenvalue weighted by atomic mass is 15.2. The minimum atomic E-state index is -0.199. The van der Waals surface area contributed by atoms with Gasteiger partial charge in [-0.25, -0.2) is 0 Å². The Kier molecular flexibility index (Phi) is 4.92. The third kappa shape index (κ3) is 3.26. The monoisotopic (exact) mass is 552 g/mol. The van der Waals surface area contributed by atoms with E-state index < -0.39 is 0 Å². The predicted octanol–water partition coefficient (Wildman–Crippen LogP) is 9.84. The quantitative estimate of drug-likeness (QED) is 0.214. The van der Waals surface area contributed by atoms with E-state index in [2.05, 4.69) is 139 Å². The number of aromatic nitrogens is 3. The van der Waals surface area contributed by atoms with Crippen LogP contribution < -0.4 is 4.90 Å². The largest absolute Gasteiger partial charge is 0.309 e. The minimum absolute atomic E-state index is 0.199. The van der Waals surface area contributed by atoms with E-state index in [4.69, 9.17) is 9.97 Å². The molecular formula is C39H28N4. The molecule has 204 valence electrons. The highest BCUT2D eigenvalue weighted by Crippen LogP contribution is 2.55. The lowest BCUT2D eigenvalue weighted by molar-refractivity contribution is 0.658. The number of hydrogen-bond acceptors (Lipinski definition) is 3. The molecule has 0 amide bonds. The van der Waals surface area contributed by atoms with Gasteiger partial charge in [0.05, 0.1) is 45.9 Å². The Hall–Kier alpha value is -5.48. The number of anilines is 3. The molecule has 1 aliphatic carbocycles. The molecule has 1 aliphatic heterocycles. The highest BCUT2D eigenvalue weighted by molar-refractivity contribution is 6.13. The van der Waals surface area contributed by atoms with Crippen molar-refractivity contribution >= 4 is 28.0 Å². The zero-order valence-electron chi connectivity index (χ0n) is 24.0. The van der Waals surface area contributed by atoms with Crippen molar-refractivity contribution in [3.8, 4) is 39.5 Å². The summed E-state index contributed by atoms with van der Waals surface area (Å²) < 4.78 is 2.43. The van der Waals surface area contributed by atoms with Gasteiger partial charge in [-0.05, 0) is 53.6 Å². The first-order valence-corrected chi connectivity index (χ1v) is 14.8. The van der Waals surface area contributed by atoms with Crippen molar-refractivity contribution < 1.29 is 0 Å². The van der Waals surface area contributed by atoms with Gasteiger partial charge < -0.3 is 9.47 Å². The van der Waals surface area contributed by atoms with E-state index in [-0.39, 0.29) is 5.41 Å². The molecule has 4 nitrogen and oxygen atoms in total. The number of pyridine rings is 2. The first-order valence-electron chi connectivity index (χ1n) is 14.8. The minimum Gasteiger partial charge on any atom is -0.309 e. The van der Waals surface area contributed by atoms with Crippen molar-refractivity contribution in [2.45, 2.75) is 19.3 Å². The summed E-state index contributed by atoms with van der Waals surface area (Å²) >= 11 is 0. The molecule has 0 saturated carbocycles. The SMILES string of the molecule is CC1(C)c2cccnc2-c2ncc(N3c4ccccc4-c4c(n(-c5ccccc5)c5ccccc45)-c4ccccc43)cc21. The van der Waals surface area contributed by atoms with Crippen LogP contribution in [0.25, 0.3) is 50.4 Å². The smallest absolute Gasteiger partial charge is 0.0931 e. The summed E-state index contributed by atoms with van der Waals surface area (Å²) in [4.78, 5) is 12.2. The van der Waals surface area contributed by atoms with Crippen LogP contribution in [0.4, 0.5) is 17.1 Å². The molecule has 0 atom stereocenters. The summed E-state index contributed by atoms with van der Waals surface area (Å²) in [5.41, 5.74) is 14.7. The van der Waals surface area contributed by atoms with Gasteiger partial charge in [0.25, 0.3) is 0 Å². The first kappa shape index (κ1) is 24.2. The molecule has 9 rings (SSSR count). The van der Waals surface area contributed by atoms with Crippen molar-refractivity contribution in [1.29, 1.82) is 0 Å². The highest BCUT2D eigenvalue weighted by Gasteiger charge is 2.39. The molecule has 0 N–H and O–H groups in total. The van der Waals surface area contributed by atoms with E-state index in [1.807, 2.05) is 18.5 Å². The molecule has 43 heavy (non-hydrogen) atoms. The van der Waals surface area contributed by atoms with Crippen LogP contribution in [0.15, 0.2) is 134 Å². The van der Waals surface area contributed by atoms with Crippen molar-refractivity contribution in [1.82, 2.24) is 14.5 Å². The van der Waals surface area contributed by atoms with Gasteiger partial charge in [0.1, 0.15) is 0 Å². The zero-order valence-corrected chi connectivity index (χ0v) is 24.0. The Morgan fingerprint density at radius 1 is 0.581 bits per heavy atom. The average Bonchev–Trinajstić information content (AvgIpc) is 3.46. The molecule has 0 spiro atoms. The fourth-order valence-corrected chi connectivity index (χ4v) is 7.25. The number of hydrogen-bond donors (Lipinski definition) is 0. The van der Waals surface area contributed by atoms with Crippen LogP contribution in [-0.2, 0) is 5.41 Å². The second kappa shape index (κ2) is 8.76. The fraction of sp³-hybridized carbons (Fsp3) is 0.0769. The second-order valence-corrected chi connectivity index (χ2v) is 11.9. The molecule has 0 saturated heterocycles. The molecule has 0 unspecified atom stereocenters. The molecule has 2 aliphatic rings. The average molecular weight is 553 g/mol. The Bertz CT molecular complexity index is 2220. The van der Waals surface area contributed by atoms with Crippen LogP contribution in [0.2, 0.25) is 0 Å². The van der Waals surface area contributed by atoms with Crippen molar-refractivity contribution in [3.05, 3.63) is 145 Å². The van der Waals surface area contributed by atoms with Crippen LogP contribution in [0.1, 0.15) is 25.0 Å². The number of nitrogens with zero attached hydrogens (tertiary/aromatic N) is 4. The molecule has 7 aromatic rings. The maximum absolute atomic E-state index is 5.09. The maximum Gasteiger partial charge on any atom is 0.0931 e.